The molecule has 104 valence electrons. The number of ketones is 1. The summed E-state index contributed by atoms with van der Waals surface area (Å²) in [6.07, 6.45) is 3.78. The molecule has 1 aromatic rings. The van der Waals surface area contributed by atoms with Crippen molar-refractivity contribution in [3.63, 3.8) is 0 Å². The minimum Gasteiger partial charge on any atom is -0.497 e. The molecular formula is C15H19FO3. The highest BCUT2D eigenvalue weighted by atomic mass is 19.1. The molecule has 1 aromatic carbocycles. The summed E-state index contributed by atoms with van der Waals surface area (Å²) in [4.78, 5) is 12.1. The number of aliphatic hydroxyl groups excluding tert-OH is 1. The van der Waals surface area contributed by atoms with E-state index in [1.807, 2.05) is 0 Å². The van der Waals surface area contributed by atoms with Crippen LogP contribution in [0.25, 0.3) is 0 Å². The van der Waals surface area contributed by atoms with E-state index in [1.165, 1.54) is 25.3 Å². The average Bonchev–Trinajstić information content (AvgIpc) is 2.46. The molecule has 1 aliphatic carbocycles. The molecule has 19 heavy (non-hydrogen) atoms. The average molecular weight is 266 g/mol. The number of carbonyl (C=O) groups excluding carboxylic acids is 1. The smallest absolute Gasteiger partial charge is 0.194 e. The maximum atomic E-state index is 13.8. The van der Waals surface area contributed by atoms with Gasteiger partial charge in [-0.25, -0.2) is 4.39 Å². The van der Waals surface area contributed by atoms with Gasteiger partial charge in [-0.3, -0.25) is 4.79 Å². The molecule has 1 saturated carbocycles. The Kier molecular flexibility index (Phi) is 4.53. The van der Waals surface area contributed by atoms with Gasteiger partial charge in [0.1, 0.15) is 17.7 Å². The van der Waals surface area contributed by atoms with Crippen molar-refractivity contribution in [3.8, 4) is 5.75 Å². The Balaban J connectivity index is 2.14. The first-order chi connectivity index (χ1) is 9.13. The minimum atomic E-state index is -1.09. The highest BCUT2D eigenvalue weighted by molar-refractivity contribution is 5.99. The highest BCUT2D eigenvalue weighted by Crippen LogP contribution is 2.28. The van der Waals surface area contributed by atoms with Gasteiger partial charge >= 0.3 is 0 Å². The number of ether oxygens (including phenoxy) is 1. The van der Waals surface area contributed by atoms with Crippen LogP contribution in [-0.2, 0) is 0 Å². The number of aliphatic hydroxyl groups is 1. The number of hydrogen-bond acceptors (Lipinski definition) is 3. The van der Waals surface area contributed by atoms with E-state index in [0.717, 1.165) is 32.1 Å². The molecule has 0 aromatic heterocycles. The lowest BCUT2D eigenvalue weighted by molar-refractivity contribution is 0.0530. The van der Waals surface area contributed by atoms with E-state index in [4.69, 9.17) is 4.74 Å². The number of benzene rings is 1. The fourth-order valence-corrected chi connectivity index (χ4v) is 2.65. The molecule has 1 fully saturated rings. The molecule has 0 bridgehead atoms. The molecule has 1 atom stereocenters. The van der Waals surface area contributed by atoms with Gasteiger partial charge in [-0.1, -0.05) is 19.3 Å². The number of carbonyl (C=O) groups is 1. The fraction of sp³-hybridized carbons (Fsp3) is 0.533. The maximum Gasteiger partial charge on any atom is 0.194 e. The molecule has 1 unspecified atom stereocenters. The predicted octanol–water partition coefficient (Wildman–Crippen LogP) is 2.96. The number of halogens is 1. The summed E-state index contributed by atoms with van der Waals surface area (Å²) in [5, 5.41) is 10.1. The Bertz CT molecular complexity index is 453. The van der Waals surface area contributed by atoms with Crippen molar-refractivity contribution in [3.05, 3.63) is 29.6 Å². The zero-order chi connectivity index (χ0) is 13.8. The van der Waals surface area contributed by atoms with Crippen molar-refractivity contribution in [1.82, 2.24) is 0 Å². The lowest BCUT2D eigenvalue weighted by Crippen LogP contribution is -2.31. The van der Waals surface area contributed by atoms with Crippen LogP contribution >= 0.6 is 0 Å². The van der Waals surface area contributed by atoms with Crippen LogP contribution in [0.3, 0.4) is 0 Å². The van der Waals surface area contributed by atoms with Crippen LogP contribution in [0, 0.1) is 11.7 Å². The molecule has 0 spiro atoms. The van der Waals surface area contributed by atoms with Crippen LogP contribution in [0.1, 0.15) is 42.5 Å². The van der Waals surface area contributed by atoms with Gasteiger partial charge in [0.05, 0.1) is 12.7 Å². The van der Waals surface area contributed by atoms with Crippen LogP contribution in [0.2, 0.25) is 0 Å². The molecule has 2 rings (SSSR count). The quantitative estimate of drug-likeness (QED) is 0.852. The van der Waals surface area contributed by atoms with Crippen molar-refractivity contribution in [2.75, 3.05) is 7.11 Å². The van der Waals surface area contributed by atoms with Crippen molar-refractivity contribution >= 4 is 5.78 Å². The third kappa shape index (κ3) is 3.13. The SMILES string of the molecule is COc1ccc(C(=O)C(O)C2CCCCC2)c(F)c1. The van der Waals surface area contributed by atoms with Crippen LogP contribution in [0.5, 0.6) is 5.75 Å². The van der Waals surface area contributed by atoms with Gasteiger partial charge in [-0.2, -0.15) is 0 Å². The molecular weight excluding hydrogens is 247 g/mol. The third-order valence-electron chi connectivity index (χ3n) is 3.81. The second-order valence-corrected chi connectivity index (χ2v) is 5.05. The monoisotopic (exact) mass is 266 g/mol. The Hall–Kier alpha value is -1.42. The second-order valence-electron chi connectivity index (χ2n) is 5.05. The number of Topliss-reactive ketones (excluding diaryl/α,β-unsaturated/α-hetero) is 1. The standard InChI is InChI=1S/C15H19FO3/c1-19-11-7-8-12(13(16)9-11)15(18)14(17)10-5-3-2-4-6-10/h7-10,14,17H,2-6H2,1H3. The van der Waals surface area contributed by atoms with Crippen molar-refractivity contribution in [2.24, 2.45) is 5.92 Å². The summed E-state index contributed by atoms with van der Waals surface area (Å²) in [6.45, 7) is 0. The molecule has 1 N–H and O–H groups in total. The molecule has 0 amide bonds. The van der Waals surface area contributed by atoms with E-state index in [2.05, 4.69) is 0 Å². The predicted molar refractivity (Wildman–Crippen MR) is 69.9 cm³/mol. The van der Waals surface area contributed by atoms with Crippen LogP contribution < -0.4 is 4.74 Å². The summed E-state index contributed by atoms with van der Waals surface area (Å²) >= 11 is 0. The first-order valence-corrected chi connectivity index (χ1v) is 6.69. The number of hydrogen-bond donors (Lipinski definition) is 1. The van der Waals surface area contributed by atoms with E-state index in [0.29, 0.717) is 5.75 Å². The van der Waals surface area contributed by atoms with Crippen LogP contribution in [0.15, 0.2) is 18.2 Å². The van der Waals surface area contributed by atoms with Gasteiger partial charge in [0.25, 0.3) is 0 Å². The topological polar surface area (TPSA) is 46.5 Å². The van der Waals surface area contributed by atoms with E-state index in [-0.39, 0.29) is 11.5 Å². The van der Waals surface area contributed by atoms with Crippen molar-refractivity contribution < 1.29 is 19.0 Å². The zero-order valence-electron chi connectivity index (χ0n) is 11.1. The van der Waals surface area contributed by atoms with Gasteiger partial charge < -0.3 is 9.84 Å². The molecule has 1 aliphatic rings. The Morgan fingerprint density at radius 2 is 2.05 bits per heavy atom. The first-order valence-electron chi connectivity index (χ1n) is 6.69. The molecule has 0 heterocycles. The van der Waals surface area contributed by atoms with Gasteiger partial charge in [0, 0.05) is 6.07 Å². The lowest BCUT2D eigenvalue weighted by Gasteiger charge is -2.25. The molecule has 3 nitrogen and oxygen atoms in total. The largest absolute Gasteiger partial charge is 0.497 e. The summed E-state index contributed by atoms with van der Waals surface area (Å²) in [5.41, 5.74) is -0.0566. The van der Waals surface area contributed by atoms with Gasteiger partial charge in [0.15, 0.2) is 5.78 Å². The summed E-state index contributed by atoms with van der Waals surface area (Å²) < 4.78 is 18.7. The van der Waals surface area contributed by atoms with E-state index < -0.39 is 17.7 Å². The summed E-state index contributed by atoms with van der Waals surface area (Å²) in [7, 11) is 1.44. The summed E-state index contributed by atoms with van der Waals surface area (Å²) in [5.74, 6) is -0.838. The molecule has 0 radical (unpaired) electrons. The number of rotatable bonds is 4. The second kappa shape index (κ2) is 6.15. The Labute approximate surface area is 112 Å². The van der Waals surface area contributed by atoms with E-state index in [1.54, 1.807) is 0 Å². The van der Waals surface area contributed by atoms with Gasteiger partial charge in [0.2, 0.25) is 0 Å². The van der Waals surface area contributed by atoms with E-state index >= 15 is 0 Å². The van der Waals surface area contributed by atoms with Gasteiger partial charge in [-0.05, 0) is 30.9 Å². The van der Waals surface area contributed by atoms with Crippen LogP contribution in [-0.4, -0.2) is 24.1 Å². The first kappa shape index (κ1) is 14.0. The number of methoxy groups -OCH3 is 1. The molecule has 0 aliphatic heterocycles. The van der Waals surface area contributed by atoms with Crippen molar-refractivity contribution in [2.45, 2.75) is 38.2 Å². The molecule has 0 saturated heterocycles. The lowest BCUT2D eigenvalue weighted by atomic mass is 9.82. The maximum absolute atomic E-state index is 13.8. The normalized spacial score (nSPS) is 18.1. The highest BCUT2D eigenvalue weighted by Gasteiger charge is 2.29. The zero-order valence-corrected chi connectivity index (χ0v) is 11.1. The third-order valence-corrected chi connectivity index (χ3v) is 3.81. The Morgan fingerprint density at radius 1 is 1.37 bits per heavy atom. The molecule has 4 heteroatoms. The Morgan fingerprint density at radius 3 is 2.63 bits per heavy atom. The minimum absolute atomic E-state index is 0.0391. The van der Waals surface area contributed by atoms with Crippen LogP contribution in [0.4, 0.5) is 4.39 Å². The summed E-state index contributed by atoms with van der Waals surface area (Å²) in [6, 6.07) is 4.08. The van der Waals surface area contributed by atoms with E-state index in [9.17, 15) is 14.3 Å². The van der Waals surface area contributed by atoms with Gasteiger partial charge in [-0.15, -0.1) is 0 Å². The van der Waals surface area contributed by atoms with Crippen molar-refractivity contribution in [1.29, 1.82) is 0 Å². The fourth-order valence-electron chi connectivity index (χ4n) is 2.65.